The molecule has 134 valence electrons. The number of β-lactam (4-membered cyclic amide) rings is 1. The van der Waals surface area contributed by atoms with Gasteiger partial charge in [-0.2, -0.15) is 0 Å². The van der Waals surface area contributed by atoms with Crippen molar-refractivity contribution in [3.8, 4) is 23.7 Å². The molecule has 1 atom stereocenters. The first-order chi connectivity index (χ1) is 13.2. The predicted molar refractivity (Wildman–Crippen MR) is 106 cm³/mol. The predicted octanol–water partition coefficient (Wildman–Crippen LogP) is 3.13. The highest BCUT2D eigenvalue weighted by Crippen LogP contribution is 2.29. The van der Waals surface area contributed by atoms with Crippen molar-refractivity contribution in [2.75, 3.05) is 6.61 Å². The number of aliphatic hydroxyl groups excluding tert-OH is 1. The van der Waals surface area contributed by atoms with Gasteiger partial charge >= 0.3 is 0 Å². The van der Waals surface area contributed by atoms with Crippen LogP contribution in [0.15, 0.2) is 66.7 Å². The molecule has 3 nitrogen and oxygen atoms in total. The lowest BCUT2D eigenvalue weighted by Crippen LogP contribution is -2.53. The van der Waals surface area contributed by atoms with Gasteiger partial charge in [0, 0.05) is 29.7 Å². The van der Waals surface area contributed by atoms with Gasteiger partial charge in [-0.1, -0.05) is 72.7 Å². The summed E-state index contributed by atoms with van der Waals surface area (Å²) in [5.74, 6) is 11.9. The summed E-state index contributed by atoms with van der Waals surface area (Å²) < 4.78 is 0. The molecule has 0 saturated carbocycles. The number of likely N-dealkylation sites (tertiary alicyclic amines) is 1. The molecule has 3 rings (SSSR count). The number of carbonyl (C=O) groups excluding carboxylic acids is 1. The number of hydrogen-bond donors (Lipinski definition) is 1. The number of nitrogens with zero attached hydrogens (tertiary/aromatic N) is 1. The molecule has 1 saturated heterocycles. The van der Waals surface area contributed by atoms with E-state index in [-0.39, 0.29) is 18.6 Å². The molecule has 0 bridgehead atoms. The maximum Gasteiger partial charge on any atom is 0.252 e. The summed E-state index contributed by atoms with van der Waals surface area (Å²) in [7, 11) is 0. The van der Waals surface area contributed by atoms with Crippen molar-refractivity contribution in [3.63, 3.8) is 0 Å². The maximum atomic E-state index is 12.1. The van der Waals surface area contributed by atoms with E-state index in [1.807, 2.05) is 59.5 Å². The van der Waals surface area contributed by atoms with Crippen LogP contribution in [-0.4, -0.2) is 28.6 Å². The summed E-state index contributed by atoms with van der Waals surface area (Å²) in [6, 6.07) is 17.7. The minimum atomic E-state index is -0.170. The SMILES string of the molecule is C=C1C(=O)N(Cc2ccccc2)C1CCC#Cc1ccccc1C#CCO. The van der Waals surface area contributed by atoms with Gasteiger partial charge in [0.05, 0.1) is 6.04 Å². The zero-order valence-electron chi connectivity index (χ0n) is 15.1. The third-order valence-corrected chi connectivity index (χ3v) is 4.50. The smallest absolute Gasteiger partial charge is 0.252 e. The second-order valence-electron chi connectivity index (χ2n) is 6.31. The molecule has 1 heterocycles. The number of rotatable bonds is 4. The molecule has 2 aromatic rings. The lowest BCUT2D eigenvalue weighted by molar-refractivity contribution is -0.137. The first kappa shape index (κ1) is 18.5. The highest BCUT2D eigenvalue weighted by Gasteiger charge is 2.39. The molecule has 1 N–H and O–H groups in total. The molecule has 1 amide bonds. The number of aliphatic hydroxyl groups is 1. The van der Waals surface area contributed by atoms with E-state index in [2.05, 4.69) is 30.3 Å². The largest absolute Gasteiger partial charge is 0.384 e. The second-order valence-corrected chi connectivity index (χ2v) is 6.31. The molecule has 0 radical (unpaired) electrons. The molecule has 0 aliphatic carbocycles. The van der Waals surface area contributed by atoms with Gasteiger partial charge in [0.2, 0.25) is 0 Å². The van der Waals surface area contributed by atoms with Crippen LogP contribution in [0.5, 0.6) is 0 Å². The first-order valence-corrected chi connectivity index (χ1v) is 8.92. The number of hydrogen-bond acceptors (Lipinski definition) is 2. The van der Waals surface area contributed by atoms with E-state index in [4.69, 9.17) is 5.11 Å². The second kappa shape index (κ2) is 8.90. The quantitative estimate of drug-likeness (QED) is 0.520. The third kappa shape index (κ3) is 4.47. The molecule has 27 heavy (non-hydrogen) atoms. The fourth-order valence-corrected chi connectivity index (χ4v) is 3.09. The van der Waals surface area contributed by atoms with Crippen molar-refractivity contribution in [1.82, 2.24) is 4.90 Å². The molecule has 1 fully saturated rings. The summed E-state index contributed by atoms with van der Waals surface area (Å²) in [6.45, 7) is 4.36. The Morgan fingerprint density at radius 3 is 2.26 bits per heavy atom. The van der Waals surface area contributed by atoms with Crippen molar-refractivity contribution in [3.05, 3.63) is 83.4 Å². The molecule has 1 aliphatic rings. The average molecular weight is 355 g/mol. The molecular weight excluding hydrogens is 334 g/mol. The van der Waals surface area contributed by atoms with Crippen LogP contribution in [0, 0.1) is 23.7 Å². The number of benzene rings is 2. The minimum absolute atomic E-state index is 0.0291. The van der Waals surface area contributed by atoms with Crippen LogP contribution >= 0.6 is 0 Å². The monoisotopic (exact) mass is 355 g/mol. The van der Waals surface area contributed by atoms with Crippen molar-refractivity contribution in [2.45, 2.75) is 25.4 Å². The van der Waals surface area contributed by atoms with Gasteiger partial charge in [-0.05, 0) is 24.1 Å². The molecule has 3 heteroatoms. The van der Waals surface area contributed by atoms with Crippen molar-refractivity contribution < 1.29 is 9.90 Å². The molecule has 2 aromatic carbocycles. The number of amides is 1. The Hall–Kier alpha value is -3.27. The van der Waals surface area contributed by atoms with Crippen LogP contribution in [-0.2, 0) is 11.3 Å². The van der Waals surface area contributed by atoms with E-state index in [9.17, 15) is 4.79 Å². The topological polar surface area (TPSA) is 40.5 Å². The zero-order valence-corrected chi connectivity index (χ0v) is 15.1. The maximum absolute atomic E-state index is 12.1. The van der Waals surface area contributed by atoms with E-state index in [1.54, 1.807) is 0 Å². The Bertz CT molecular complexity index is 954. The van der Waals surface area contributed by atoms with Crippen LogP contribution in [0.25, 0.3) is 0 Å². The van der Waals surface area contributed by atoms with E-state index in [0.29, 0.717) is 18.5 Å². The molecular formula is C24H21NO2. The van der Waals surface area contributed by atoms with Gasteiger partial charge in [-0.3, -0.25) is 4.79 Å². The van der Waals surface area contributed by atoms with Gasteiger partial charge in [-0.15, -0.1) is 0 Å². The fraction of sp³-hybridized carbons (Fsp3) is 0.208. The van der Waals surface area contributed by atoms with E-state index < -0.39 is 0 Å². The van der Waals surface area contributed by atoms with E-state index in [1.165, 1.54) is 0 Å². The van der Waals surface area contributed by atoms with Gasteiger partial charge in [-0.25, -0.2) is 0 Å². The van der Waals surface area contributed by atoms with Crippen LogP contribution in [0.3, 0.4) is 0 Å². The number of carbonyl (C=O) groups is 1. The lowest BCUT2D eigenvalue weighted by atomic mass is 9.91. The van der Waals surface area contributed by atoms with Gasteiger partial charge in [0.15, 0.2) is 0 Å². The lowest BCUT2D eigenvalue weighted by Gasteiger charge is -2.42. The Kier molecular flexibility index (Phi) is 6.10. The normalized spacial score (nSPS) is 15.3. The summed E-state index contributed by atoms with van der Waals surface area (Å²) in [5, 5.41) is 8.85. The highest BCUT2D eigenvalue weighted by molar-refractivity contribution is 6.01. The summed E-state index contributed by atoms with van der Waals surface area (Å²) in [4.78, 5) is 14.0. The fourth-order valence-electron chi connectivity index (χ4n) is 3.09. The van der Waals surface area contributed by atoms with Gasteiger partial charge < -0.3 is 10.0 Å². The zero-order chi connectivity index (χ0) is 19.1. The first-order valence-electron chi connectivity index (χ1n) is 8.92. The molecule has 0 aromatic heterocycles. The van der Waals surface area contributed by atoms with Crippen molar-refractivity contribution in [1.29, 1.82) is 0 Å². The summed E-state index contributed by atoms with van der Waals surface area (Å²) in [6.07, 6.45) is 1.44. The summed E-state index contributed by atoms with van der Waals surface area (Å²) >= 11 is 0. The van der Waals surface area contributed by atoms with E-state index in [0.717, 1.165) is 23.1 Å². The minimum Gasteiger partial charge on any atom is -0.384 e. The van der Waals surface area contributed by atoms with Gasteiger partial charge in [0.25, 0.3) is 5.91 Å². The Balaban J connectivity index is 1.61. The Morgan fingerprint density at radius 2 is 1.59 bits per heavy atom. The van der Waals surface area contributed by atoms with Crippen molar-refractivity contribution >= 4 is 5.91 Å². The standard InChI is InChI=1S/C24H21NO2/c1-19-23(25(24(19)27)18-20-10-3-2-4-11-20)16-8-7-14-21-12-5-6-13-22(21)15-9-17-26/h2-6,10-13,23,26H,1,8,16-18H2. The highest BCUT2D eigenvalue weighted by atomic mass is 16.2. The summed E-state index contributed by atoms with van der Waals surface area (Å²) in [5.41, 5.74) is 3.45. The molecule has 1 aliphatic heterocycles. The average Bonchev–Trinajstić information content (AvgIpc) is 2.72. The molecule has 0 spiro atoms. The Labute approximate surface area is 160 Å². The molecule has 1 unspecified atom stereocenters. The Morgan fingerprint density at radius 1 is 0.963 bits per heavy atom. The van der Waals surface area contributed by atoms with Crippen molar-refractivity contribution in [2.24, 2.45) is 0 Å². The van der Waals surface area contributed by atoms with E-state index >= 15 is 0 Å². The van der Waals surface area contributed by atoms with Crippen LogP contribution in [0.4, 0.5) is 0 Å². The van der Waals surface area contributed by atoms with Crippen LogP contribution in [0.1, 0.15) is 29.5 Å². The van der Waals surface area contributed by atoms with Crippen LogP contribution in [0.2, 0.25) is 0 Å². The van der Waals surface area contributed by atoms with Crippen LogP contribution < -0.4 is 0 Å². The third-order valence-electron chi connectivity index (χ3n) is 4.50. The van der Waals surface area contributed by atoms with Gasteiger partial charge in [0.1, 0.15) is 6.61 Å².